The number of fused-ring (bicyclic) bond motifs is 1. The molecule has 94 valence electrons. The number of ether oxygens (including phenoxy) is 2. The molecule has 17 heavy (non-hydrogen) atoms. The third kappa shape index (κ3) is 2.55. The van der Waals surface area contributed by atoms with Gasteiger partial charge in [-0.1, -0.05) is 0 Å². The molecule has 0 aromatic heterocycles. The fourth-order valence-electron chi connectivity index (χ4n) is 2.57. The van der Waals surface area contributed by atoms with Crippen LogP contribution in [0.2, 0.25) is 0 Å². The van der Waals surface area contributed by atoms with Crippen molar-refractivity contribution in [3.8, 4) is 11.5 Å². The zero-order valence-corrected chi connectivity index (χ0v) is 10.8. The normalized spacial score (nSPS) is 21.5. The molecule has 3 heteroatoms. The number of hydrogen-bond donors (Lipinski definition) is 1. The van der Waals surface area contributed by atoms with Crippen molar-refractivity contribution in [1.82, 2.24) is 0 Å². The molecular weight excluding hydrogens is 214 g/mol. The maximum absolute atomic E-state index is 6.00. The largest absolute Gasteiger partial charge is 0.497 e. The first-order chi connectivity index (χ1) is 8.05. The molecule has 0 amide bonds. The molecule has 0 aliphatic carbocycles. The van der Waals surface area contributed by atoms with Crippen LogP contribution in [0.4, 0.5) is 0 Å². The fourth-order valence-corrected chi connectivity index (χ4v) is 2.57. The van der Waals surface area contributed by atoms with Gasteiger partial charge in [-0.15, -0.1) is 0 Å². The fraction of sp³-hybridized carbons (Fsp3) is 0.571. The molecule has 1 atom stereocenters. The number of benzene rings is 1. The van der Waals surface area contributed by atoms with Crippen LogP contribution >= 0.6 is 0 Å². The quantitative estimate of drug-likeness (QED) is 0.876. The number of methoxy groups -OCH3 is 1. The van der Waals surface area contributed by atoms with Crippen LogP contribution in [0.5, 0.6) is 11.5 Å². The highest BCUT2D eigenvalue weighted by molar-refractivity contribution is 5.44. The Balaban J connectivity index is 2.38. The van der Waals surface area contributed by atoms with Crippen LogP contribution < -0.4 is 15.2 Å². The van der Waals surface area contributed by atoms with Crippen LogP contribution in [0, 0.1) is 0 Å². The predicted octanol–water partition coefficient (Wildman–Crippen LogP) is 2.69. The second-order valence-corrected chi connectivity index (χ2v) is 5.24. The van der Waals surface area contributed by atoms with E-state index in [2.05, 4.69) is 19.9 Å². The van der Waals surface area contributed by atoms with Crippen molar-refractivity contribution in [1.29, 1.82) is 0 Å². The van der Waals surface area contributed by atoms with Gasteiger partial charge in [0.2, 0.25) is 0 Å². The van der Waals surface area contributed by atoms with Crippen molar-refractivity contribution >= 4 is 0 Å². The van der Waals surface area contributed by atoms with Gasteiger partial charge < -0.3 is 15.2 Å². The van der Waals surface area contributed by atoms with E-state index in [9.17, 15) is 0 Å². The standard InChI is InChI=1S/C14H21NO2/c1-14(2)9-10(6-7-15)12-8-11(16-3)4-5-13(12)17-14/h4-5,8,10H,6-7,9,15H2,1-3H3. The van der Waals surface area contributed by atoms with E-state index in [1.165, 1.54) is 5.56 Å². The molecule has 1 aliphatic heterocycles. The van der Waals surface area contributed by atoms with Crippen LogP contribution in [-0.2, 0) is 0 Å². The Labute approximate surface area is 103 Å². The summed E-state index contributed by atoms with van der Waals surface area (Å²) in [7, 11) is 1.69. The molecule has 3 nitrogen and oxygen atoms in total. The molecule has 1 unspecified atom stereocenters. The first-order valence-electron chi connectivity index (χ1n) is 6.13. The Morgan fingerprint density at radius 3 is 2.88 bits per heavy atom. The van der Waals surface area contributed by atoms with E-state index in [0.29, 0.717) is 12.5 Å². The first-order valence-corrected chi connectivity index (χ1v) is 6.13. The molecule has 2 rings (SSSR count). The summed E-state index contributed by atoms with van der Waals surface area (Å²) in [5, 5.41) is 0. The minimum atomic E-state index is -0.110. The third-order valence-corrected chi connectivity index (χ3v) is 3.30. The van der Waals surface area contributed by atoms with E-state index in [4.69, 9.17) is 15.2 Å². The molecule has 1 heterocycles. The maximum Gasteiger partial charge on any atom is 0.123 e. The second kappa shape index (κ2) is 4.57. The van der Waals surface area contributed by atoms with Gasteiger partial charge in [0.25, 0.3) is 0 Å². The molecule has 0 radical (unpaired) electrons. The lowest BCUT2D eigenvalue weighted by atomic mass is 9.82. The summed E-state index contributed by atoms with van der Waals surface area (Å²) in [6.07, 6.45) is 2.00. The summed E-state index contributed by atoms with van der Waals surface area (Å²) in [5.41, 5.74) is 6.82. The molecular formula is C14H21NO2. The molecule has 0 saturated heterocycles. The monoisotopic (exact) mass is 235 g/mol. The van der Waals surface area contributed by atoms with Gasteiger partial charge in [-0.05, 0) is 57.4 Å². The van der Waals surface area contributed by atoms with E-state index in [1.54, 1.807) is 7.11 Å². The summed E-state index contributed by atoms with van der Waals surface area (Å²) >= 11 is 0. The van der Waals surface area contributed by atoms with Crippen molar-refractivity contribution in [2.24, 2.45) is 5.73 Å². The van der Waals surface area contributed by atoms with Crippen molar-refractivity contribution in [2.75, 3.05) is 13.7 Å². The molecule has 0 bridgehead atoms. The van der Waals surface area contributed by atoms with Crippen molar-refractivity contribution < 1.29 is 9.47 Å². The molecule has 1 aliphatic rings. The molecule has 0 spiro atoms. The minimum Gasteiger partial charge on any atom is -0.497 e. The Hall–Kier alpha value is -1.22. The minimum absolute atomic E-state index is 0.110. The van der Waals surface area contributed by atoms with Gasteiger partial charge in [0.1, 0.15) is 17.1 Å². The van der Waals surface area contributed by atoms with E-state index >= 15 is 0 Å². The average molecular weight is 235 g/mol. The van der Waals surface area contributed by atoms with E-state index < -0.39 is 0 Å². The van der Waals surface area contributed by atoms with Gasteiger partial charge in [-0.2, -0.15) is 0 Å². The summed E-state index contributed by atoms with van der Waals surface area (Å²) in [6, 6.07) is 6.02. The maximum atomic E-state index is 6.00. The van der Waals surface area contributed by atoms with Crippen molar-refractivity contribution in [3.05, 3.63) is 23.8 Å². The van der Waals surface area contributed by atoms with Crippen LogP contribution in [0.15, 0.2) is 18.2 Å². The number of nitrogens with two attached hydrogens (primary N) is 1. The second-order valence-electron chi connectivity index (χ2n) is 5.24. The van der Waals surface area contributed by atoms with Gasteiger partial charge >= 0.3 is 0 Å². The summed E-state index contributed by atoms with van der Waals surface area (Å²) in [4.78, 5) is 0. The summed E-state index contributed by atoms with van der Waals surface area (Å²) < 4.78 is 11.3. The van der Waals surface area contributed by atoms with Crippen LogP contribution in [0.1, 0.15) is 38.2 Å². The summed E-state index contributed by atoms with van der Waals surface area (Å²) in [5.74, 6) is 2.32. The van der Waals surface area contributed by atoms with E-state index in [-0.39, 0.29) is 5.60 Å². The Bertz CT molecular complexity index is 401. The highest BCUT2D eigenvalue weighted by Gasteiger charge is 2.33. The smallest absolute Gasteiger partial charge is 0.123 e. The Morgan fingerprint density at radius 1 is 1.47 bits per heavy atom. The van der Waals surface area contributed by atoms with E-state index in [0.717, 1.165) is 24.3 Å². The van der Waals surface area contributed by atoms with E-state index in [1.807, 2.05) is 12.1 Å². The lowest BCUT2D eigenvalue weighted by molar-refractivity contribution is 0.0707. The highest BCUT2D eigenvalue weighted by Crippen LogP contribution is 2.43. The van der Waals surface area contributed by atoms with Gasteiger partial charge in [0.05, 0.1) is 7.11 Å². The van der Waals surface area contributed by atoms with Crippen LogP contribution in [0.25, 0.3) is 0 Å². The highest BCUT2D eigenvalue weighted by atomic mass is 16.5. The third-order valence-electron chi connectivity index (χ3n) is 3.30. The SMILES string of the molecule is COc1ccc2c(c1)C(CCN)CC(C)(C)O2. The van der Waals surface area contributed by atoms with Crippen LogP contribution in [0.3, 0.4) is 0 Å². The number of rotatable bonds is 3. The zero-order chi connectivity index (χ0) is 12.5. The van der Waals surface area contributed by atoms with Gasteiger partial charge in [0, 0.05) is 5.56 Å². The van der Waals surface area contributed by atoms with Gasteiger partial charge in [0.15, 0.2) is 0 Å². The zero-order valence-electron chi connectivity index (χ0n) is 10.8. The molecule has 2 N–H and O–H groups in total. The van der Waals surface area contributed by atoms with Gasteiger partial charge in [-0.25, -0.2) is 0 Å². The predicted molar refractivity (Wildman–Crippen MR) is 68.7 cm³/mol. The lowest BCUT2D eigenvalue weighted by Crippen LogP contribution is -2.35. The first kappa shape index (κ1) is 12.2. The Morgan fingerprint density at radius 2 is 2.24 bits per heavy atom. The number of hydrogen-bond acceptors (Lipinski definition) is 3. The average Bonchev–Trinajstić information content (AvgIpc) is 2.27. The van der Waals surface area contributed by atoms with Crippen molar-refractivity contribution in [3.63, 3.8) is 0 Å². The molecule has 1 aromatic carbocycles. The summed E-state index contributed by atoms with van der Waals surface area (Å²) in [6.45, 7) is 4.96. The molecule has 0 fully saturated rings. The van der Waals surface area contributed by atoms with Gasteiger partial charge in [-0.3, -0.25) is 0 Å². The van der Waals surface area contributed by atoms with Crippen molar-refractivity contribution in [2.45, 2.75) is 38.2 Å². The Kier molecular flexibility index (Phi) is 3.29. The lowest BCUT2D eigenvalue weighted by Gasteiger charge is -2.37. The molecule has 1 aromatic rings. The van der Waals surface area contributed by atoms with Crippen LogP contribution in [-0.4, -0.2) is 19.3 Å². The topological polar surface area (TPSA) is 44.5 Å². The molecule has 0 saturated carbocycles.